The monoisotopic (exact) mass is 253 g/mol. The molecule has 0 amide bonds. The summed E-state index contributed by atoms with van der Waals surface area (Å²) in [6.07, 6.45) is 0. The second-order valence-corrected chi connectivity index (χ2v) is 5.21. The van der Waals surface area contributed by atoms with Crippen LogP contribution in [0.3, 0.4) is 0 Å². The van der Waals surface area contributed by atoms with Gasteiger partial charge < -0.3 is 0 Å². The number of nitrogens with zero attached hydrogens (tertiary/aromatic N) is 1. The number of carbonyl (C=O) groups is 1. The summed E-state index contributed by atoms with van der Waals surface area (Å²) in [5.41, 5.74) is 0.608. The maximum Gasteiger partial charge on any atom is 0.178 e. The topological polar surface area (TPSA) is 20.3 Å². The lowest BCUT2D eigenvalue weighted by molar-refractivity contribution is 0.0907. The minimum atomic E-state index is 0.0746. The van der Waals surface area contributed by atoms with Gasteiger partial charge in [-0.1, -0.05) is 37.6 Å². The number of benzene rings is 1. The quantitative estimate of drug-likeness (QED) is 0.749. The Labute approximate surface area is 109 Å². The Morgan fingerprint density at radius 3 is 2.41 bits per heavy atom. The molecule has 94 valence electrons. The molecule has 1 aromatic rings. The molecule has 0 spiro atoms. The Morgan fingerprint density at radius 1 is 1.29 bits per heavy atom. The van der Waals surface area contributed by atoms with Crippen molar-refractivity contribution in [3.8, 4) is 0 Å². The van der Waals surface area contributed by atoms with Crippen molar-refractivity contribution in [2.24, 2.45) is 5.92 Å². The highest BCUT2D eigenvalue weighted by atomic mass is 35.5. The highest BCUT2D eigenvalue weighted by Crippen LogP contribution is 2.16. The van der Waals surface area contributed by atoms with Crippen LogP contribution in [-0.2, 0) is 0 Å². The molecule has 0 aliphatic rings. The minimum absolute atomic E-state index is 0.0746. The van der Waals surface area contributed by atoms with Gasteiger partial charge in [0.25, 0.3) is 0 Å². The van der Waals surface area contributed by atoms with Crippen molar-refractivity contribution in [3.63, 3.8) is 0 Å². The Morgan fingerprint density at radius 2 is 1.88 bits per heavy atom. The Kier molecular flexibility index (Phi) is 5.16. The summed E-state index contributed by atoms with van der Waals surface area (Å²) < 4.78 is 0. The molecular formula is C14H20ClNO. The molecule has 2 nitrogen and oxygen atoms in total. The van der Waals surface area contributed by atoms with Gasteiger partial charge in [0.05, 0.1) is 11.6 Å². The third-order valence-electron chi connectivity index (χ3n) is 3.23. The molecule has 0 aliphatic heterocycles. The van der Waals surface area contributed by atoms with Gasteiger partial charge in [0, 0.05) is 11.6 Å². The number of likely N-dealkylation sites (N-methyl/N-ethyl adjacent to an activating group) is 1. The van der Waals surface area contributed by atoms with E-state index in [-0.39, 0.29) is 5.78 Å². The standard InChI is InChI=1S/C14H20ClNO/c1-10(2)11(3)16(4)9-14(17)12-7-5-6-8-13(12)15/h5-8,10-11H,9H2,1-4H3. The predicted molar refractivity (Wildman–Crippen MR) is 72.7 cm³/mol. The van der Waals surface area contributed by atoms with Crippen LogP contribution in [0.5, 0.6) is 0 Å². The molecule has 0 N–H and O–H groups in total. The summed E-state index contributed by atoms with van der Waals surface area (Å²) in [7, 11) is 1.97. The maximum absolute atomic E-state index is 12.1. The lowest BCUT2D eigenvalue weighted by atomic mass is 10.0. The van der Waals surface area contributed by atoms with Gasteiger partial charge in [-0.05, 0) is 32.0 Å². The maximum atomic E-state index is 12.1. The lowest BCUT2D eigenvalue weighted by Crippen LogP contribution is -2.37. The van der Waals surface area contributed by atoms with Gasteiger partial charge in [0.15, 0.2) is 5.78 Å². The Balaban J connectivity index is 2.70. The Hall–Kier alpha value is -0.860. The van der Waals surface area contributed by atoms with Gasteiger partial charge in [-0.2, -0.15) is 0 Å². The van der Waals surface area contributed by atoms with E-state index in [9.17, 15) is 4.79 Å². The molecule has 1 rings (SSSR count). The number of halogens is 1. The first-order valence-electron chi connectivity index (χ1n) is 5.91. The number of hydrogen-bond donors (Lipinski definition) is 0. The third-order valence-corrected chi connectivity index (χ3v) is 3.56. The zero-order chi connectivity index (χ0) is 13.0. The van der Waals surface area contributed by atoms with Crippen LogP contribution in [0.15, 0.2) is 24.3 Å². The molecule has 0 saturated carbocycles. The second-order valence-electron chi connectivity index (χ2n) is 4.80. The molecule has 0 aliphatic carbocycles. The first kappa shape index (κ1) is 14.2. The molecule has 3 heteroatoms. The molecule has 17 heavy (non-hydrogen) atoms. The summed E-state index contributed by atoms with van der Waals surface area (Å²) in [4.78, 5) is 14.1. The summed E-state index contributed by atoms with van der Waals surface area (Å²) in [5.74, 6) is 0.602. The molecule has 0 saturated heterocycles. The number of rotatable bonds is 5. The highest BCUT2D eigenvalue weighted by molar-refractivity contribution is 6.34. The van der Waals surface area contributed by atoms with Crippen LogP contribution in [0, 0.1) is 5.92 Å². The zero-order valence-electron chi connectivity index (χ0n) is 10.9. The van der Waals surface area contributed by atoms with E-state index in [0.29, 0.717) is 29.1 Å². The average molecular weight is 254 g/mol. The third kappa shape index (κ3) is 3.83. The van der Waals surface area contributed by atoms with Crippen molar-refractivity contribution in [2.45, 2.75) is 26.8 Å². The molecule has 0 heterocycles. The van der Waals surface area contributed by atoms with E-state index < -0.39 is 0 Å². The molecule has 0 fully saturated rings. The molecule has 1 atom stereocenters. The van der Waals surface area contributed by atoms with Crippen molar-refractivity contribution < 1.29 is 4.79 Å². The van der Waals surface area contributed by atoms with E-state index >= 15 is 0 Å². The largest absolute Gasteiger partial charge is 0.296 e. The van der Waals surface area contributed by atoms with Crippen LogP contribution in [-0.4, -0.2) is 30.3 Å². The summed E-state index contributed by atoms with van der Waals surface area (Å²) in [6, 6.07) is 7.57. The second kappa shape index (κ2) is 6.18. The van der Waals surface area contributed by atoms with Gasteiger partial charge in [-0.15, -0.1) is 0 Å². The van der Waals surface area contributed by atoms with Crippen LogP contribution in [0.1, 0.15) is 31.1 Å². The number of Topliss-reactive ketones (excluding diaryl/α,β-unsaturated/α-hetero) is 1. The van der Waals surface area contributed by atoms with Crippen LogP contribution in [0.4, 0.5) is 0 Å². The zero-order valence-corrected chi connectivity index (χ0v) is 11.7. The minimum Gasteiger partial charge on any atom is -0.296 e. The van der Waals surface area contributed by atoms with E-state index in [1.807, 2.05) is 19.2 Å². The van der Waals surface area contributed by atoms with Gasteiger partial charge in [-0.25, -0.2) is 0 Å². The van der Waals surface area contributed by atoms with Gasteiger partial charge in [0.1, 0.15) is 0 Å². The first-order chi connectivity index (χ1) is 7.93. The summed E-state index contributed by atoms with van der Waals surface area (Å²) in [6.45, 7) is 6.84. The molecule has 0 bridgehead atoms. The molecule has 0 radical (unpaired) electrons. The van der Waals surface area contributed by atoms with Crippen molar-refractivity contribution >= 4 is 17.4 Å². The van der Waals surface area contributed by atoms with Gasteiger partial charge in [-0.3, -0.25) is 9.69 Å². The van der Waals surface area contributed by atoms with E-state index in [1.54, 1.807) is 12.1 Å². The fraction of sp³-hybridized carbons (Fsp3) is 0.500. The first-order valence-corrected chi connectivity index (χ1v) is 6.29. The van der Waals surface area contributed by atoms with Crippen LogP contribution in [0.2, 0.25) is 5.02 Å². The van der Waals surface area contributed by atoms with Gasteiger partial charge >= 0.3 is 0 Å². The summed E-state index contributed by atoms with van der Waals surface area (Å²) in [5, 5.41) is 0.531. The fourth-order valence-corrected chi connectivity index (χ4v) is 1.89. The van der Waals surface area contributed by atoms with Crippen molar-refractivity contribution in [3.05, 3.63) is 34.9 Å². The normalized spacial score (nSPS) is 13.1. The SMILES string of the molecule is CC(C)C(C)N(C)CC(=O)c1ccccc1Cl. The average Bonchev–Trinajstić information content (AvgIpc) is 2.28. The summed E-state index contributed by atoms with van der Waals surface area (Å²) >= 11 is 6.01. The van der Waals surface area contributed by atoms with Crippen molar-refractivity contribution in [1.29, 1.82) is 0 Å². The number of hydrogen-bond acceptors (Lipinski definition) is 2. The van der Waals surface area contributed by atoms with E-state index in [4.69, 9.17) is 11.6 Å². The van der Waals surface area contributed by atoms with E-state index in [0.717, 1.165) is 0 Å². The van der Waals surface area contributed by atoms with Crippen molar-refractivity contribution in [2.75, 3.05) is 13.6 Å². The predicted octanol–water partition coefficient (Wildman–Crippen LogP) is 3.50. The smallest absolute Gasteiger partial charge is 0.178 e. The van der Waals surface area contributed by atoms with Crippen LogP contribution >= 0.6 is 11.6 Å². The molecule has 1 unspecified atom stereocenters. The van der Waals surface area contributed by atoms with E-state index in [1.165, 1.54) is 0 Å². The number of ketones is 1. The lowest BCUT2D eigenvalue weighted by Gasteiger charge is -2.27. The Bertz CT molecular complexity index is 390. The van der Waals surface area contributed by atoms with Crippen molar-refractivity contribution in [1.82, 2.24) is 4.90 Å². The highest BCUT2D eigenvalue weighted by Gasteiger charge is 2.17. The van der Waals surface area contributed by atoms with E-state index in [2.05, 4.69) is 25.7 Å². The van der Waals surface area contributed by atoms with Crippen LogP contribution in [0.25, 0.3) is 0 Å². The molecular weight excluding hydrogens is 234 g/mol. The number of carbonyl (C=O) groups excluding carboxylic acids is 1. The van der Waals surface area contributed by atoms with Crippen LogP contribution < -0.4 is 0 Å². The molecule has 0 aromatic heterocycles. The van der Waals surface area contributed by atoms with Gasteiger partial charge in [0.2, 0.25) is 0 Å². The molecule has 1 aromatic carbocycles. The fourth-order valence-electron chi connectivity index (χ4n) is 1.65.